The fourth-order valence-electron chi connectivity index (χ4n) is 4.56. The van der Waals surface area contributed by atoms with Gasteiger partial charge in [-0.15, -0.1) is 0 Å². The summed E-state index contributed by atoms with van der Waals surface area (Å²) >= 11 is 0. The van der Waals surface area contributed by atoms with Gasteiger partial charge >= 0.3 is 0 Å². The van der Waals surface area contributed by atoms with Crippen molar-refractivity contribution in [2.75, 3.05) is 30.0 Å². The van der Waals surface area contributed by atoms with Crippen LogP contribution in [0.3, 0.4) is 0 Å². The monoisotopic (exact) mass is 455 g/mol. The molecule has 0 unspecified atom stereocenters. The molecule has 4 aromatic rings. The maximum atomic E-state index is 13.1. The topological polar surface area (TPSA) is 81.3 Å². The summed E-state index contributed by atoms with van der Waals surface area (Å²) in [7, 11) is 1.65. The van der Waals surface area contributed by atoms with E-state index in [1.54, 1.807) is 29.1 Å². The van der Waals surface area contributed by atoms with Crippen LogP contribution in [0.2, 0.25) is 0 Å². The zero-order valence-electron chi connectivity index (χ0n) is 19.0. The summed E-state index contributed by atoms with van der Waals surface area (Å²) in [6.07, 6.45) is 9.67. The lowest BCUT2D eigenvalue weighted by atomic mass is 10.2. The number of hydrogen-bond acceptors (Lipinski definition) is 6. The molecule has 0 bridgehead atoms. The van der Waals surface area contributed by atoms with E-state index >= 15 is 0 Å². The van der Waals surface area contributed by atoms with E-state index in [1.165, 1.54) is 12.8 Å². The Labute approximate surface area is 197 Å². The number of amides is 1. The second-order valence-electron chi connectivity index (χ2n) is 8.64. The molecule has 0 spiro atoms. The molecule has 2 aliphatic heterocycles. The first kappa shape index (κ1) is 20.5. The summed E-state index contributed by atoms with van der Waals surface area (Å²) in [6.45, 7) is 3.16. The summed E-state index contributed by atoms with van der Waals surface area (Å²) in [5.41, 5.74) is 4.10. The Bertz CT molecular complexity index is 1320. The Kier molecular flexibility index (Phi) is 5.01. The Morgan fingerprint density at radius 2 is 1.79 bits per heavy atom. The number of aromatic nitrogens is 5. The number of rotatable bonds is 6. The summed E-state index contributed by atoms with van der Waals surface area (Å²) in [4.78, 5) is 21.7. The molecule has 1 saturated heterocycles. The van der Waals surface area contributed by atoms with Gasteiger partial charge in [0.15, 0.2) is 0 Å². The van der Waals surface area contributed by atoms with Gasteiger partial charge in [-0.2, -0.15) is 10.2 Å². The predicted octanol–water partition coefficient (Wildman–Crippen LogP) is 3.28. The van der Waals surface area contributed by atoms with E-state index in [9.17, 15) is 4.79 Å². The molecular formula is C25H25N7O2. The van der Waals surface area contributed by atoms with Gasteiger partial charge in [0.1, 0.15) is 11.6 Å². The number of fused-ring (bicyclic) bond motifs is 1. The lowest BCUT2D eigenvalue weighted by Gasteiger charge is -2.16. The van der Waals surface area contributed by atoms with Crippen LogP contribution in [0.25, 0.3) is 5.69 Å². The number of pyridine rings is 1. The number of methoxy groups -OCH3 is 1. The molecule has 1 aromatic carbocycles. The van der Waals surface area contributed by atoms with E-state index in [4.69, 9.17) is 4.74 Å². The van der Waals surface area contributed by atoms with Crippen molar-refractivity contribution in [3.8, 4) is 11.4 Å². The number of benzene rings is 1. The first-order chi connectivity index (χ1) is 16.7. The van der Waals surface area contributed by atoms with Crippen LogP contribution in [0.1, 0.15) is 34.5 Å². The van der Waals surface area contributed by atoms with E-state index < -0.39 is 0 Å². The van der Waals surface area contributed by atoms with Gasteiger partial charge in [-0.25, -0.2) is 9.67 Å². The number of carbonyl (C=O) groups is 1. The van der Waals surface area contributed by atoms with E-state index in [0.29, 0.717) is 18.7 Å². The average molecular weight is 456 g/mol. The molecule has 9 heteroatoms. The summed E-state index contributed by atoms with van der Waals surface area (Å²) in [5.74, 6) is 1.75. The molecule has 0 radical (unpaired) electrons. The van der Waals surface area contributed by atoms with Gasteiger partial charge in [0.25, 0.3) is 5.91 Å². The van der Waals surface area contributed by atoms with Crippen LogP contribution < -0.4 is 14.5 Å². The third-order valence-electron chi connectivity index (χ3n) is 6.44. The Morgan fingerprint density at radius 3 is 2.50 bits per heavy atom. The highest BCUT2D eigenvalue weighted by molar-refractivity contribution is 6.09. The van der Waals surface area contributed by atoms with Crippen molar-refractivity contribution in [1.29, 1.82) is 0 Å². The van der Waals surface area contributed by atoms with Gasteiger partial charge in [0.2, 0.25) is 0 Å². The highest BCUT2D eigenvalue weighted by Crippen LogP contribution is 2.28. The predicted molar refractivity (Wildman–Crippen MR) is 128 cm³/mol. The highest BCUT2D eigenvalue weighted by Gasteiger charge is 2.32. The quantitative estimate of drug-likeness (QED) is 0.444. The van der Waals surface area contributed by atoms with Crippen LogP contribution in [0.15, 0.2) is 61.2 Å². The Morgan fingerprint density at radius 1 is 0.971 bits per heavy atom. The number of anilines is 2. The van der Waals surface area contributed by atoms with E-state index in [-0.39, 0.29) is 5.91 Å². The smallest absolute Gasteiger partial charge is 0.262 e. The molecule has 5 heterocycles. The van der Waals surface area contributed by atoms with Crippen molar-refractivity contribution in [2.24, 2.45) is 0 Å². The minimum Gasteiger partial charge on any atom is -0.497 e. The lowest BCUT2D eigenvalue weighted by molar-refractivity contribution is 0.0996. The van der Waals surface area contributed by atoms with Crippen molar-refractivity contribution < 1.29 is 9.53 Å². The van der Waals surface area contributed by atoms with Crippen molar-refractivity contribution >= 4 is 17.4 Å². The SMILES string of the molecule is COc1ccc(Cn2cc(N3Cc4nn(-c5ccc(N6CCCC6)nc5)cc4C3=O)cn2)cc1. The van der Waals surface area contributed by atoms with E-state index in [2.05, 4.69) is 20.1 Å². The second kappa shape index (κ2) is 8.33. The van der Waals surface area contributed by atoms with Gasteiger partial charge in [-0.05, 0) is 42.7 Å². The van der Waals surface area contributed by atoms with Crippen LogP contribution in [-0.4, -0.2) is 50.7 Å². The number of ether oxygens (including phenoxy) is 1. The summed E-state index contributed by atoms with van der Waals surface area (Å²) < 4.78 is 8.78. The molecule has 6 rings (SSSR count). The van der Waals surface area contributed by atoms with Crippen molar-refractivity contribution in [1.82, 2.24) is 24.5 Å². The third kappa shape index (κ3) is 3.68. The molecule has 172 valence electrons. The van der Waals surface area contributed by atoms with Crippen LogP contribution in [0, 0.1) is 0 Å². The van der Waals surface area contributed by atoms with Gasteiger partial charge in [0, 0.05) is 25.5 Å². The molecular weight excluding hydrogens is 430 g/mol. The number of hydrogen-bond donors (Lipinski definition) is 0. The van der Waals surface area contributed by atoms with Gasteiger partial charge in [0.05, 0.1) is 55.2 Å². The first-order valence-electron chi connectivity index (χ1n) is 11.4. The zero-order chi connectivity index (χ0) is 23.1. The van der Waals surface area contributed by atoms with Gasteiger partial charge in [-0.1, -0.05) is 12.1 Å². The van der Waals surface area contributed by atoms with Crippen molar-refractivity contribution in [3.63, 3.8) is 0 Å². The number of carbonyl (C=O) groups excluding carboxylic acids is 1. The maximum Gasteiger partial charge on any atom is 0.262 e. The highest BCUT2D eigenvalue weighted by atomic mass is 16.5. The fraction of sp³-hybridized carbons (Fsp3) is 0.280. The molecule has 2 aliphatic rings. The lowest BCUT2D eigenvalue weighted by Crippen LogP contribution is -2.23. The van der Waals surface area contributed by atoms with Crippen molar-refractivity contribution in [3.05, 3.63) is 78.0 Å². The normalized spacial score (nSPS) is 15.3. The first-order valence-corrected chi connectivity index (χ1v) is 11.4. The summed E-state index contributed by atoms with van der Waals surface area (Å²) in [5, 5.41) is 9.11. The van der Waals surface area contributed by atoms with Gasteiger partial charge in [-0.3, -0.25) is 14.4 Å². The molecule has 34 heavy (non-hydrogen) atoms. The molecule has 1 fully saturated rings. The minimum absolute atomic E-state index is 0.0631. The van der Waals surface area contributed by atoms with Crippen molar-refractivity contribution in [2.45, 2.75) is 25.9 Å². The zero-order valence-corrected chi connectivity index (χ0v) is 19.0. The van der Waals surface area contributed by atoms with E-state index in [0.717, 1.165) is 47.3 Å². The molecule has 0 N–H and O–H groups in total. The van der Waals surface area contributed by atoms with Crippen LogP contribution >= 0.6 is 0 Å². The van der Waals surface area contributed by atoms with Crippen LogP contribution in [0.5, 0.6) is 5.75 Å². The average Bonchev–Trinajstić information content (AvgIpc) is 3.66. The van der Waals surface area contributed by atoms with Gasteiger partial charge < -0.3 is 9.64 Å². The molecule has 0 aliphatic carbocycles. The van der Waals surface area contributed by atoms with E-state index in [1.807, 2.05) is 53.5 Å². The number of nitrogens with zero attached hydrogens (tertiary/aromatic N) is 7. The molecule has 0 atom stereocenters. The summed E-state index contributed by atoms with van der Waals surface area (Å²) in [6, 6.07) is 11.9. The molecule has 0 saturated carbocycles. The molecule has 3 aromatic heterocycles. The second-order valence-corrected chi connectivity index (χ2v) is 8.64. The van der Waals surface area contributed by atoms with Crippen LogP contribution in [-0.2, 0) is 13.1 Å². The fourth-order valence-corrected chi connectivity index (χ4v) is 4.56. The maximum absolute atomic E-state index is 13.1. The third-order valence-corrected chi connectivity index (χ3v) is 6.44. The molecule has 1 amide bonds. The largest absolute Gasteiger partial charge is 0.497 e. The van der Waals surface area contributed by atoms with Crippen LogP contribution in [0.4, 0.5) is 11.5 Å². The minimum atomic E-state index is -0.0631. The Hall–Kier alpha value is -4.14. The standard InChI is InChI=1S/C25H25N7O2/c1-34-21-7-4-18(5-8-21)14-30-15-20(13-27-30)31-17-23-22(25(31)33)16-32(28-23)19-6-9-24(26-12-19)29-10-2-3-11-29/h4-9,12-13,15-16H,2-3,10-11,14,17H2,1H3. The Balaban J connectivity index is 1.15. The molecule has 9 nitrogen and oxygen atoms in total.